The van der Waals surface area contributed by atoms with Gasteiger partial charge in [-0.1, -0.05) is 26.0 Å². The summed E-state index contributed by atoms with van der Waals surface area (Å²) in [4.78, 5) is 22.6. The third kappa shape index (κ3) is 4.48. The molecule has 0 radical (unpaired) electrons. The first-order valence-electron chi connectivity index (χ1n) is 7.79. The average molecular weight is 316 g/mol. The van der Waals surface area contributed by atoms with Crippen molar-refractivity contribution in [2.75, 3.05) is 18.4 Å². The molecule has 122 valence electrons. The van der Waals surface area contributed by atoms with Gasteiger partial charge in [-0.25, -0.2) is 14.4 Å². The lowest BCUT2D eigenvalue weighted by Gasteiger charge is -2.21. The highest BCUT2D eigenvalue weighted by atomic mass is 19.1. The average Bonchev–Trinajstić information content (AvgIpc) is 2.56. The van der Waals surface area contributed by atoms with Gasteiger partial charge >= 0.3 is 0 Å². The van der Waals surface area contributed by atoms with E-state index in [-0.39, 0.29) is 17.5 Å². The van der Waals surface area contributed by atoms with Gasteiger partial charge in [0.1, 0.15) is 11.5 Å². The summed E-state index contributed by atoms with van der Waals surface area (Å²) in [5.41, 5.74) is 0.580. The zero-order valence-corrected chi connectivity index (χ0v) is 13.4. The van der Waals surface area contributed by atoms with Crippen molar-refractivity contribution in [2.24, 2.45) is 0 Å². The van der Waals surface area contributed by atoms with E-state index in [2.05, 4.69) is 15.3 Å². The zero-order valence-electron chi connectivity index (χ0n) is 13.4. The molecule has 0 spiro atoms. The van der Waals surface area contributed by atoms with E-state index in [0.29, 0.717) is 18.8 Å². The molecular weight excluding hydrogens is 295 g/mol. The number of halogens is 1. The molecule has 0 bridgehead atoms. The van der Waals surface area contributed by atoms with Crippen LogP contribution in [0, 0.1) is 5.82 Å². The minimum atomic E-state index is -0.397. The van der Waals surface area contributed by atoms with Gasteiger partial charge in [-0.3, -0.25) is 4.79 Å². The van der Waals surface area contributed by atoms with Crippen LogP contribution in [0.1, 0.15) is 37.2 Å². The monoisotopic (exact) mass is 316 g/mol. The minimum absolute atomic E-state index is 0.132. The summed E-state index contributed by atoms with van der Waals surface area (Å²) in [6.07, 6.45) is 3.27. The Bertz CT molecular complexity index is 657. The van der Waals surface area contributed by atoms with E-state index in [1.54, 1.807) is 29.2 Å². The molecular formula is C17H21FN4O. The highest BCUT2D eigenvalue weighted by molar-refractivity contribution is 5.92. The van der Waals surface area contributed by atoms with Crippen molar-refractivity contribution in [3.8, 4) is 0 Å². The zero-order chi connectivity index (χ0) is 16.7. The molecule has 6 heteroatoms. The standard InChI is InChI=1S/C17H21FN4O/c1-3-11-22(12-4-2)16(23)15-9-10-19-17(21-15)20-14-8-6-5-7-13(14)18/h5-10H,3-4,11-12H2,1-2H3,(H,19,20,21). The van der Waals surface area contributed by atoms with E-state index in [4.69, 9.17) is 0 Å². The third-order valence-electron chi connectivity index (χ3n) is 3.27. The molecule has 2 aromatic rings. The second-order valence-corrected chi connectivity index (χ2v) is 5.16. The fraction of sp³-hybridized carbons (Fsp3) is 0.353. The number of nitrogens with zero attached hydrogens (tertiary/aromatic N) is 3. The lowest BCUT2D eigenvalue weighted by Crippen LogP contribution is -2.33. The summed E-state index contributed by atoms with van der Waals surface area (Å²) < 4.78 is 13.7. The number of aromatic nitrogens is 2. The molecule has 0 saturated carbocycles. The normalized spacial score (nSPS) is 10.4. The number of hydrogen-bond donors (Lipinski definition) is 1. The molecule has 0 aliphatic rings. The Labute approximate surface area is 135 Å². The fourth-order valence-electron chi connectivity index (χ4n) is 2.24. The summed E-state index contributed by atoms with van der Waals surface area (Å²) >= 11 is 0. The number of carbonyl (C=O) groups excluding carboxylic acids is 1. The fourth-order valence-corrected chi connectivity index (χ4v) is 2.24. The van der Waals surface area contributed by atoms with Crippen LogP contribution in [0.2, 0.25) is 0 Å². The first kappa shape index (κ1) is 16.9. The predicted octanol–water partition coefficient (Wildman–Crippen LogP) is 3.62. The molecule has 0 saturated heterocycles. The van der Waals surface area contributed by atoms with Crippen LogP contribution in [-0.4, -0.2) is 33.9 Å². The molecule has 0 unspecified atom stereocenters. The topological polar surface area (TPSA) is 58.1 Å². The first-order chi connectivity index (χ1) is 11.2. The molecule has 1 aromatic carbocycles. The number of hydrogen-bond acceptors (Lipinski definition) is 4. The van der Waals surface area contributed by atoms with Gasteiger partial charge in [-0.15, -0.1) is 0 Å². The van der Waals surface area contributed by atoms with Crippen molar-refractivity contribution in [2.45, 2.75) is 26.7 Å². The maximum Gasteiger partial charge on any atom is 0.272 e. The molecule has 5 nitrogen and oxygen atoms in total. The van der Waals surface area contributed by atoms with E-state index in [1.165, 1.54) is 12.3 Å². The van der Waals surface area contributed by atoms with Crippen LogP contribution in [0.4, 0.5) is 16.0 Å². The molecule has 0 aliphatic carbocycles. The van der Waals surface area contributed by atoms with E-state index in [1.807, 2.05) is 13.8 Å². The number of nitrogens with one attached hydrogen (secondary N) is 1. The third-order valence-corrected chi connectivity index (χ3v) is 3.27. The van der Waals surface area contributed by atoms with Crippen LogP contribution in [0.5, 0.6) is 0 Å². The Morgan fingerprint density at radius 3 is 2.52 bits per heavy atom. The summed E-state index contributed by atoms with van der Waals surface area (Å²) in [5, 5.41) is 2.80. The van der Waals surface area contributed by atoms with Gasteiger partial charge in [0.15, 0.2) is 0 Å². The summed E-state index contributed by atoms with van der Waals surface area (Å²) in [5.74, 6) is -0.326. The van der Waals surface area contributed by atoms with Crippen molar-refractivity contribution in [1.29, 1.82) is 0 Å². The Morgan fingerprint density at radius 1 is 1.17 bits per heavy atom. The van der Waals surface area contributed by atoms with Gasteiger partial charge in [0.05, 0.1) is 5.69 Å². The number of carbonyl (C=O) groups is 1. The molecule has 1 N–H and O–H groups in total. The highest BCUT2D eigenvalue weighted by Gasteiger charge is 2.16. The molecule has 1 amide bonds. The number of rotatable bonds is 7. The van der Waals surface area contributed by atoms with E-state index in [9.17, 15) is 9.18 Å². The Kier molecular flexibility index (Phi) is 6.02. The van der Waals surface area contributed by atoms with Crippen molar-refractivity contribution in [3.05, 3.63) is 48.0 Å². The Morgan fingerprint density at radius 2 is 1.87 bits per heavy atom. The van der Waals surface area contributed by atoms with Crippen LogP contribution in [0.3, 0.4) is 0 Å². The Hall–Kier alpha value is -2.50. The van der Waals surface area contributed by atoms with Crippen molar-refractivity contribution >= 4 is 17.5 Å². The van der Waals surface area contributed by atoms with Crippen molar-refractivity contribution in [3.63, 3.8) is 0 Å². The molecule has 2 rings (SSSR count). The van der Waals surface area contributed by atoms with Crippen LogP contribution in [0.25, 0.3) is 0 Å². The highest BCUT2D eigenvalue weighted by Crippen LogP contribution is 2.17. The van der Waals surface area contributed by atoms with Gasteiger partial charge in [0, 0.05) is 19.3 Å². The van der Waals surface area contributed by atoms with Crippen LogP contribution < -0.4 is 5.32 Å². The van der Waals surface area contributed by atoms with Gasteiger partial charge in [-0.05, 0) is 31.0 Å². The van der Waals surface area contributed by atoms with Crippen LogP contribution >= 0.6 is 0 Å². The van der Waals surface area contributed by atoms with Gasteiger partial charge in [0.25, 0.3) is 5.91 Å². The summed E-state index contributed by atoms with van der Waals surface area (Å²) in [6.45, 7) is 5.43. The largest absolute Gasteiger partial charge is 0.337 e. The summed E-state index contributed by atoms with van der Waals surface area (Å²) in [7, 11) is 0. The van der Waals surface area contributed by atoms with Crippen molar-refractivity contribution < 1.29 is 9.18 Å². The second kappa shape index (κ2) is 8.22. The van der Waals surface area contributed by atoms with Gasteiger partial charge < -0.3 is 10.2 Å². The minimum Gasteiger partial charge on any atom is -0.337 e. The Balaban J connectivity index is 2.18. The molecule has 1 heterocycles. The van der Waals surface area contributed by atoms with Gasteiger partial charge in [-0.2, -0.15) is 0 Å². The lowest BCUT2D eigenvalue weighted by atomic mass is 10.3. The van der Waals surface area contributed by atoms with E-state index >= 15 is 0 Å². The van der Waals surface area contributed by atoms with Gasteiger partial charge in [0.2, 0.25) is 5.95 Å². The smallest absolute Gasteiger partial charge is 0.272 e. The number of anilines is 2. The number of amides is 1. The number of para-hydroxylation sites is 1. The maximum absolute atomic E-state index is 13.7. The van der Waals surface area contributed by atoms with Crippen LogP contribution in [0.15, 0.2) is 36.5 Å². The van der Waals surface area contributed by atoms with E-state index in [0.717, 1.165) is 12.8 Å². The lowest BCUT2D eigenvalue weighted by molar-refractivity contribution is 0.0749. The SMILES string of the molecule is CCCN(CCC)C(=O)c1ccnc(Nc2ccccc2F)n1. The molecule has 0 fully saturated rings. The molecule has 1 aromatic heterocycles. The van der Waals surface area contributed by atoms with E-state index < -0.39 is 5.82 Å². The van der Waals surface area contributed by atoms with Crippen LogP contribution in [-0.2, 0) is 0 Å². The molecule has 0 atom stereocenters. The first-order valence-corrected chi connectivity index (χ1v) is 7.79. The quantitative estimate of drug-likeness (QED) is 0.847. The maximum atomic E-state index is 13.7. The molecule has 0 aliphatic heterocycles. The number of benzene rings is 1. The van der Waals surface area contributed by atoms with Crippen molar-refractivity contribution in [1.82, 2.24) is 14.9 Å². The second-order valence-electron chi connectivity index (χ2n) is 5.16. The predicted molar refractivity (Wildman–Crippen MR) is 88.2 cm³/mol. The summed E-state index contributed by atoms with van der Waals surface area (Å²) in [6, 6.07) is 7.84. The molecule has 23 heavy (non-hydrogen) atoms.